The summed E-state index contributed by atoms with van der Waals surface area (Å²) in [7, 11) is -3.72. The molecule has 2 aliphatic rings. The summed E-state index contributed by atoms with van der Waals surface area (Å²) in [4.78, 5) is 26.1. The van der Waals surface area contributed by atoms with Gasteiger partial charge in [-0.2, -0.15) is 5.10 Å². The average Bonchev–Trinajstić information content (AvgIpc) is 3.05. The SMILES string of the molecule is CS(=O)(=O)CC(=O)Nc1c(-c2ccc(Cl)c(F)c2)nn2c1C(=O)N[C@@]1(CCCOc3cc(F)cc(F)c31)C2. The highest BCUT2D eigenvalue weighted by atomic mass is 35.5. The Hall–Kier alpha value is -3.58. The molecule has 0 aliphatic carbocycles. The first-order chi connectivity index (χ1) is 17.9. The predicted molar refractivity (Wildman–Crippen MR) is 131 cm³/mol. The Balaban J connectivity index is 1.67. The molecule has 0 saturated heterocycles. The van der Waals surface area contributed by atoms with Gasteiger partial charge in [0.05, 0.1) is 29.3 Å². The van der Waals surface area contributed by atoms with Crippen LogP contribution in [-0.2, 0) is 26.7 Å². The van der Waals surface area contributed by atoms with Crippen molar-refractivity contribution in [2.24, 2.45) is 0 Å². The van der Waals surface area contributed by atoms with Crippen LogP contribution >= 0.6 is 11.6 Å². The van der Waals surface area contributed by atoms with Crippen LogP contribution in [0.25, 0.3) is 11.3 Å². The Morgan fingerprint density at radius 3 is 2.71 bits per heavy atom. The number of nitrogens with zero attached hydrogens (tertiary/aromatic N) is 2. The van der Waals surface area contributed by atoms with E-state index < -0.39 is 50.4 Å². The van der Waals surface area contributed by atoms with Crippen LogP contribution < -0.4 is 15.4 Å². The topological polar surface area (TPSA) is 119 Å². The van der Waals surface area contributed by atoms with Crippen LogP contribution in [0.2, 0.25) is 5.02 Å². The smallest absolute Gasteiger partial charge is 0.272 e. The number of hydrogen-bond acceptors (Lipinski definition) is 6. The van der Waals surface area contributed by atoms with Crippen molar-refractivity contribution >= 4 is 38.9 Å². The maximum Gasteiger partial charge on any atom is 0.272 e. The first kappa shape index (κ1) is 26.0. The summed E-state index contributed by atoms with van der Waals surface area (Å²) >= 11 is 5.80. The third-order valence-electron chi connectivity index (χ3n) is 6.29. The number of halogens is 4. The summed E-state index contributed by atoms with van der Waals surface area (Å²) in [5.74, 6) is -5.19. The third-order valence-corrected chi connectivity index (χ3v) is 7.39. The molecule has 14 heteroatoms. The number of anilines is 1. The number of rotatable bonds is 4. The van der Waals surface area contributed by atoms with E-state index in [2.05, 4.69) is 15.7 Å². The molecule has 38 heavy (non-hydrogen) atoms. The fourth-order valence-electron chi connectivity index (χ4n) is 4.85. The number of ether oxygens (including phenoxy) is 1. The number of amides is 2. The van der Waals surface area contributed by atoms with Crippen LogP contribution in [0.15, 0.2) is 30.3 Å². The van der Waals surface area contributed by atoms with E-state index in [-0.39, 0.29) is 58.5 Å². The summed E-state index contributed by atoms with van der Waals surface area (Å²) in [5.41, 5.74) is -1.63. The molecule has 1 aromatic heterocycles. The fourth-order valence-corrected chi connectivity index (χ4v) is 5.51. The van der Waals surface area contributed by atoms with Gasteiger partial charge in [-0.05, 0) is 25.0 Å². The van der Waals surface area contributed by atoms with E-state index in [4.69, 9.17) is 16.3 Å². The van der Waals surface area contributed by atoms with Crippen molar-refractivity contribution in [2.75, 3.05) is 23.9 Å². The van der Waals surface area contributed by atoms with Crippen LogP contribution in [0.3, 0.4) is 0 Å². The number of sulfone groups is 1. The lowest BCUT2D eigenvalue weighted by Crippen LogP contribution is -2.54. The van der Waals surface area contributed by atoms with E-state index in [0.29, 0.717) is 12.5 Å². The Labute approximate surface area is 219 Å². The summed E-state index contributed by atoms with van der Waals surface area (Å²) in [6.07, 6.45) is 1.48. The summed E-state index contributed by atoms with van der Waals surface area (Å²) < 4.78 is 73.5. The molecule has 200 valence electrons. The van der Waals surface area contributed by atoms with Gasteiger partial charge in [0.2, 0.25) is 5.91 Å². The third kappa shape index (κ3) is 4.71. The van der Waals surface area contributed by atoms with Gasteiger partial charge in [0.15, 0.2) is 15.5 Å². The minimum absolute atomic E-state index is 0.0331. The summed E-state index contributed by atoms with van der Waals surface area (Å²) in [5, 5.41) is 9.46. The molecule has 0 fully saturated rings. The lowest BCUT2D eigenvalue weighted by atomic mass is 9.83. The molecule has 2 aliphatic heterocycles. The average molecular weight is 569 g/mol. The van der Waals surface area contributed by atoms with E-state index >= 15 is 4.39 Å². The van der Waals surface area contributed by atoms with Crippen molar-refractivity contribution in [3.05, 3.63) is 64.1 Å². The minimum atomic E-state index is -3.72. The molecule has 1 atom stereocenters. The van der Waals surface area contributed by atoms with Gasteiger partial charge in [-0.3, -0.25) is 14.3 Å². The van der Waals surface area contributed by atoms with Gasteiger partial charge >= 0.3 is 0 Å². The second-order valence-corrected chi connectivity index (χ2v) is 11.8. The maximum absolute atomic E-state index is 15.1. The molecular weight excluding hydrogens is 549 g/mol. The number of hydrogen-bond donors (Lipinski definition) is 2. The molecule has 0 bridgehead atoms. The first-order valence-corrected chi connectivity index (χ1v) is 13.8. The molecule has 0 radical (unpaired) electrons. The molecule has 0 unspecified atom stereocenters. The molecule has 0 saturated carbocycles. The second kappa shape index (κ2) is 9.31. The quantitative estimate of drug-likeness (QED) is 0.498. The normalized spacial score (nSPS) is 18.7. The van der Waals surface area contributed by atoms with Crippen LogP contribution in [0, 0.1) is 17.5 Å². The number of fused-ring (bicyclic) bond motifs is 3. The lowest BCUT2D eigenvalue weighted by molar-refractivity contribution is -0.113. The molecule has 1 spiro atoms. The zero-order valence-electron chi connectivity index (χ0n) is 19.8. The van der Waals surface area contributed by atoms with Crippen molar-refractivity contribution in [3.8, 4) is 17.0 Å². The van der Waals surface area contributed by atoms with Crippen molar-refractivity contribution in [2.45, 2.75) is 24.9 Å². The Bertz CT molecular complexity index is 1610. The molecule has 3 heterocycles. The van der Waals surface area contributed by atoms with Gasteiger partial charge in [-0.25, -0.2) is 21.6 Å². The number of benzene rings is 2. The van der Waals surface area contributed by atoms with E-state index in [1.165, 1.54) is 16.8 Å². The molecule has 3 aromatic rings. The van der Waals surface area contributed by atoms with Gasteiger partial charge in [0, 0.05) is 24.0 Å². The largest absolute Gasteiger partial charge is 0.493 e. The number of carbonyl (C=O) groups is 2. The highest BCUT2D eigenvalue weighted by Gasteiger charge is 2.46. The standard InChI is InChI=1S/C24H20ClF3N4O5S/c1-38(35,36)10-18(33)29-21-20(12-3-4-14(25)15(27)7-12)31-32-11-24(30-23(34)22(21)32)5-2-6-37-17-9-13(26)8-16(28)19(17)24/h3-4,7-9H,2,5-6,10-11H2,1H3,(H,29,33)(H,30,34)/t24-/m0/s1. The molecule has 2 amide bonds. The predicted octanol–water partition coefficient (Wildman–Crippen LogP) is 3.42. The fraction of sp³-hybridized carbons (Fsp3) is 0.292. The van der Waals surface area contributed by atoms with Crippen molar-refractivity contribution < 1.29 is 35.9 Å². The van der Waals surface area contributed by atoms with E-state index in [9.17, 15) is 26.8 Å². The van der Waals surface area contributed by atoms with Gasteiger partial charge < -0.3 is 15.4 Å². The number of carbonyl (C=O) groups excluding carboxylic acids is 2. The highest BCUT2D eigenvalue weighted by Crippen LogP contribution is 2.44. The van der Waals surface area contributed by atoms with Gasteiger partial charge in [-0.15, -0.1) is 0 Å². The van der Waals surface area contributed by atoms with E-state index in [1.54, 1.807) is 0 Å². The van der Waals surface area contributed by atoms with E-state index in [1.807, 2.05) is 0 Å². The summed E-state index contributed by atoms with van der Waals surface area (Å²) in [6.45, 7) is 0.0135. The van der Waals surface area contributed by atoms with E-state index in [0.717, 1.165) is 18.4 Å². The van der Waals surface area contributed by atoms with Crippen LogP contribution in [0.5, 0.6) is 5.75 Å². The molecule has 2 N–H and O–H groups in total. The Morgan fingerprint density at radius 1 is 1.24 bits per heavy atom. The first-order valence-electron chi connectivity index (χ1n) is 11.4. The lowest BCUT2D eigenvalue weighted by Gasteiger charge is -2.38. The molecule has 5 rings (SSSR count). The maximum atomic E-state index is 15.1. The monoisotopic (exact) mass is 568 g/mol. The zero-order valence-corrected chi connectivity index (χ0v) is 21.4. The second-order valence-electron chi connectivity index (χ2n) is 9.23. The number of nitrogens with one attached hydrogen (secondary N) is 2. The van der Waals surface area contributed by atoms with Crippen molar-refractivity contribution in [1.82, 2.24) is 15.1 Å². The zero-order chi connectivity index (χ0) is 27.4. The van der Waals surface area contributed by atoms with Gasteiger partial charge in [0.1, 0.15) is 40.3 Å². The van der Waals surface area contributed by atoms with Crippen LogP contribution in [0.1, 0.15) is 28.9 Å². The minimum Gasteiger partial charge on any atom is -0.493 e. The van der Waals surface area contributed by atoms with Crippen LogP contribution in [-0.4, -0.2) is 48.6 Å². The highest BCUT2D eigenvalue weighted by molar-refractivity contribution is 7.91. The van der Waals surface area contributed by atoms with Crippen LogP contribution in [0.4, 0.5) is 18.9 Å². The van der Waals surface area contributed by atoms with Crippen molar-refractivity contribution in [3.63, 3.8) is 0 Å². The van der Waals surface area contributed by atoms with Gasteiger partial charge in [0.25, 0.3) is 5.91 Å². The number of aromatic nitrogens is 2. The van der Waals surface area contributed by atoms with Crippen molar-refractivity contribution in [1.29, 1.82) is 0 Å². The Kier molecular flexibility index (Phi) is 6.38. The summed E-state index contributed by atoms with van der Waals surface area (Å²) in [6, 6.07) is 5.45. The molecular formula is C24H20ClF3N4O5S. The molecule has 2 aromatic carbocycles. The van der Waals surface area contributed by atoms with Gasteiger partial charge in [-0.1, -0.05) is 17.7 Å². The Morgan fingerprint density at radius 2 is 2.00 bits per heavy atom. The molecule has 9 nitrogen and oxygen atoms in total.